The second kappa shape index (κ2) is 10.2. The molecule has 8 N–H and O–H groups in total. The van der Waals surface area contributed by atoms with Gasteiger partial charge in [0.15, 0.2) is 0 Å². The quantitative estimate of drug-likeness (QED) is 0.243. The Morgan fingerprint density at radius 1 is 1.03 bits per heavy atom. The molecule has 0 aliphatic heterocycles. The molecular weight excluding hydrogens is 410 g/mol. The maximum Gasteiger partial charge on any atom is 0.326 e. The number of nitrogens with two attached hydrogens (primary N) is 1. The standard InChI is InChI=1S/C19H23N5O7/c1-9(17(28)23-13(19(30)31)6-15(26)27)22-18(29)16(24-14(25)7-20)11-8-21-12-5-3-2-4-10(11)12/h2-5,8-9,13,16,21H,6-7,20H2,1H3,(H,22,29)(H,23,28)(H,24,25)(H,26,27)(H,30,31)/t9-,13-,16+/m0/s1. The normalized spacial score (nSPS) is 13.6. The Morgan fingerprint density at radius 3 is 2.32 bits per heavy atom. The average molecular weight is 433 g/mol. The zero-order chi connectivity index (χ0) is 23.1. The third-order valence-corrected chi connectivity index (χ3v) is 4.43. The van der Waals surface area contributed by atoms with Crippen molar-refractivity contribution in [3.63, 3.8) is 0 Å². The number of hydrogen-bond donors (Lipinski definition) is 7. The van der Waals surface area contributed by atoms with E-state index in [4.69, 9.17) is 15.9 Å². The average Bonchev–Trinajstić information content (AvgIpc) is 3.14. The number of benzene rings is 1. The number of aliphatic carboxylic acids is 2. The summed E-state index contributed by atoms with van der Waals surface area (Å²) < 4.78 is 0. The van der Waals surface area contributed by atoms with E-state index in [0.717, 1.165) is 5.52 Å². The molecule has 0 bridgehead atoms. The van der Waals surface area contributed by atoms with Crippen molar-refractivity contribution < 1.29 is 34.2 Å². The number of fused-ring (bicyclic) bond motifs is 1. The molecule has 3 atom stereocenters. The zero-order valence-electron chi connectivity index (χ0n) is 16.5. The summed E-state index contributed by atoms with van der Waals surface area (Å²) in [6.07, 6.45) is 0.718. The maximum atomic E-state index is 12.9. The number of carbonyl (C=O) groups is 5. The molecule has 0 saturated heterocycles. The molecule has 0 saturated carbocycles. The molecule has 31 heavy (non-hydrogen) atoms. The monoisotopic (exact) mass is 433 g/mol. The largest absolute Gasteiger partial charge is 0.481 e. The highest BCUT2D eigenvalue weighted by atomic mass is 16.4. The van der Waals surface area contributed by atoms with Gasteiger partial charge in [0.2, 0.25) is 17.7 Å². The molecule has 0 fully saturated rings. The molecule has 3 amide bonds. The Kier molecular flexibility index (Phi) is 7.69. The Labute approximate surface area is 176 Å². The van der Waals surface area contributed by atoms with Crippen LogP contribution in [-0.4, -0.2) is 63.5 Å². The van der Waals surface area contributed by atoms with Crippen LogP contribution in [0.5, 0.6) is 0 Å². The first-order valence-corrected chi connectivity index (χ1v) is 9.24. The van der Waals surface area contributed by atoms with Gasteiger partial charge in [-0.05, 0) is 13.0 Å². The Balaban J connectivity index is 2.19. The lowest BCUT2D eigenvalue weighted by Gasteiger charge is -2.22. The highest BCUT2D eigenvalue weighted by molar-refractivity contribution is 5.97. The Morgan fingerprint density at radius 2 is 1.71 bits per heavy atom. The molecular formula is C19H23N5O7. The van der Waals surface area contributed by atoms with Gasteiger partial charge in [0.05, 0.1) is 13.0 Å². The Bertz CT molecular complexity index is 1000. The molecule has 1 heterocycles. The molecule has 2 rings (SSSR count). The first kappa shape index (κ1) is 23.3. The number of rotatable bonds is 10. The van der Waals surface area contributed by atoms with Crippen molar-refractivity contribution >= 4 is 40.6 Å². The van der Waals surface area contributed by atoms with Crippen LogP contribution in [-0.2, 0) is 24.0 Å². The van der Waals surface area contributed by atoms with Gasteiger partial charge < -0.3 is 36.9 Å². The molecule has 0 spiro atoms. The van der Waals surface area contributed by atoms with E-state index in [0.29, 0.717) is 10.9 Å². The summed E-state index contributed by atoms with van der Waals surface area (Å²) in [7, 11) is 0. The van der Waals surface area contributed by atoms with Crippen LogP contribution in [0.3, 0.4) is 0 Å². The fraction of sp³-hybridized carbons (Fsp3) is 0.316. The molecule has 1 aromatic heterocycles. The van der Waals surface area contributed by atoms with Crippen molar-refractivity contribution in [2.24, 2.45) is 5.73 Å². The van der Waals surface area contributed by atoms with Crippen LogP contribution in [0.25, 0.3) is 10.9 Å². The lowest BCUT2D eigenvalue weighted by molar-refractivity contribution is -0.147. The van der Waals surface area contributed by atoms with E-state index in [1.54, 1.807) is 30.5 Å². The van der Waals surface area contributed by atoms with Crippen LogP contribution in [0.1, 0.15) is 24.9 Å². The minimum absolute atomic E-state index is 0.363. The number of H-pyrrole nitrogens is 1. The highest BCUT2D eigenvalue weighted by Crippen LogP contribution is 2.24. The molecule has 2 aromatic rings. The van der Waals surface area contributed by atoms with Crippen LogP contribution >= 0.6 is 0 Å². The molecule has 0 radical (unpaired) electrons. The van der Waals surface area contributed by atoms with Crippen molar-refractivity contribution in [3.05, 3.63) is 36.0 Å². The summed E-state index contributed by atoms with van der Waals surface area (Å²) >= 11 is 0. The van der Waals surface area contributed by atoms with Gasteiger partial charge >= 0.3 is 11.9 Å². The topological polar surface area (TPSA) is 204 Å². The van der Waals surface area contributed by atoms with Gasteiger partial charge in [0, 0.05) is 22.7 Å². The van der Waals surface area contributed by atoms with Gasteiger partial charge in [-0.2, -0.15) is 0 Å². The highest BCUT2D eigenvalue weighted by Gasteiger charge is 2.30. The zero-order valence-corrected chi connectivity index (χ0v) is 16.5. The van der Waals surface area contributed by atoms with Gasteiger partial charge in [-0.1, -0.05) is 18.2 Å². The van der Waals surface area contributed by atoms with Crippen LogP contribution in [0, 0.1) is 0 Å². The number of aromatic amines is 1. The van der Waals surface area contributed by atoms with E-state index < -0.39 is 54.2 Å². The number of nitrogens with one attached hydrogen (secondary N) is 4. The lowest BCUT2D eigenvalue weighted by Crippen LogP contribution is -2.53. The fourth-order valence-corrected chi connectivity index (χ4v) is 2.87. The van der Waals surface area contributed by atoms with Crippen molar-refractivity contribution in [3.8, 4) is 0 Å². The molecule has 0 unspecified atom stereocenters. The summed E-state index contributed by atoms with van der Waals surface area (Å²) in [6.45, 7) is 0.932. The van der Waals surface area contributed by atoms with E-state index in [2.05, 4.69) is 20.9 Å². The first-order valence-electron chi connectivity index (χ1n) is 9.24. The second-order valence-corrected chi connectivity index (χ2v) is 6.72. The van der Waals surface area contributed by atoms with E-state index in [-0.39, 0.29) is 6.54 Å². The summed E-state index contributed by atoms with van der Waals surface area (Å²) in [6, 6.07) is 3.01. The molecule has 12 heteroatoms. The summed E-state index contributed by atoms with van der Waals surface area (Å²) in [5.74, 6) is -5.17. The first-order chi connectivity index (χ1) is 14.6. The summed E-state index contributed by atoms with van der Waals surface area (Å²) in [4.78, 5) is 61.9. The smallest absolute Gasteiger partial charge is 0.326 e. The minimum Gasteiger partial charge on any atom is -0.481 e. The number of amides is 3. The van der Waals surface area contributed by atoms with Crippen molar-refractivity contribution in [1.82, 2.24) is 20.9 Å². The van der Waals surface area contributed by atoms with Crippen LogP contribution < -0.4 is 21.7 Å². The lowest BCUT2D eigenvalue weighted by atomic mass is 10.0. The third kappa shape index (κ3) is 6.02. The van der Waals surface area contributed by atoms with Gasteiger partial charge in [-0.15, -0.1) is 0 Å². The van der Waals surface area contributed by atoms with Crippen LogP contribution in [0.4, 0.5) is 0 Å². The Hall–Kier alpha value is -3.93. The van der Waals surface area contributed by atoms with Crippen molar-refractivity contribution in [2.45, 2.75) is 31.5 Å². The van der Waals surface area contributed by atoms with E-state index >= 15 is 0 Å². The van der Waals surface area contributed by atoms with Crippen molar-refractivity contribution in [1.29, 1.82) is 0 Å². The summed E-state index contributed by atoms with van der Waals surface area (Å²) in [5, 5.41) is 25.4. The van der Waals surface area contributed by atoms with Crippen LogP contribution in [0.2, 0.25) is 0 Å². The number of para-hydroxylation sites is 1. The predicted octanol–water partition coefficient (Wildman–Crippen LogP) is -1.17. The van der Waals surface area contributed by atoms with Gasteiger partial charge in [0.1, 0.15) is 18.1 Å². The number of hydrogen-bond acceptors (Lipinski definition) is 6. The molecule has 0 aliphatic carbocycles. The molecule has 166 valence electrons. The second-order valence-electron chi connectivity index (χ2n) is 6.72. The van der Waals surface area contributed by atoms with Gasteiger partial charge in [0.25, 0.3) is 0 Å². The van der Waals surface area contributed by atoms with E-state index in [1.165, 1.54) is 6.92 Å². The fourth-order valence-electron chi connectivity index (χ4n) is 2.87. The predicted molar refractivity (Wildman–Crippen MR) is 108 cm³/mol. The third-order valence-electron chi connectivity index (χ3n) is 4.43. The molecule has 12 nitrogen and oxygen atoms in total. The van der Waals surface area contributed by atoms with Crippen molar-refractivity contribution in [2.75, 3.05) is 6.54 Å². The van der Waals surface area contributed by atoms with Crippen LogP contribution in [0.15, 0.2) is 30.5 Å². The number of carboxylic acids is 2. The van der Waals surface area contributed by atoms with E-state index in [9.17, 15) is 24.0 Å². The SMILES string of the molecule is C[C@H](NC(=O)[C@H](NC(=O)CN)c1c[nH]c2ccccc12)C(=O)N[C@@H](CC(=O)O)C(=O)O. The number of aromatic nitrogens is 1. The maximum absolute atomic E-state index is 12.9. The minimum atomic E-state index is -1.66. The number of carbonyl (C=O) groups excluding carboxylic acids is 3. The van der Waals surface area contributed by atoms with E-state index in [1.807, 2.05) is 0 Å². The van der Waals surface area contributed by atoms with Gasteiger partial charge in [-0.25, -0.2) is 4.79 Å². The molecule has 1 aromatic carbocycles. The number of carboxylic acid groups (broad SMARTS) is 2. The van der Waals surface area contributed by atoms with Gasteiger partial charge in [-0.3, -0.25) is 19.2 Å². The summed E-state index contributed by atoms with van der Waals surface area (Å²) in [5.41, 5.74) is 6.50. The molecule has 0 aliphatic rings.